The topological polar surface area (TPSA) is 84.2 Å². The van der Waals surface area contributed by atoms with E-state index in [1.165, 1.54) is 0 Å². The zero-order valence-electron chi connectivity index (χ0n) is 13.1. The van der Waals surface area contributed by atoms with Gasteiger partial charge in [0.1, 0.15) is 0 Å². The molecule has 5 nitrogen and oxygen atoms in total. The molecule has 1 aromatic rings. The van der Waals surface area contributed by atoms with Gasteiger partial charge in [-0.2, -0.15) is 0 Å². The minimum absolute atomic E-state index is 0. The lowest BCUT2D eigenvalue weighted by atomic mass is 10.1. The fraction of sp³-hybridized carbons (Fsp3) is 0.467. The quantitative estimate of drug-likeness (QED) is 0.662. The van der Waals surface area contributed by atoms with Gasteiger partial charge in [0.05, 0.1) is 12.6 Å². The van der Waals surface area contributed by atoms with Crippen LogP contribution in [0.3, 0.4) is 0 Å². The highest BCUT2D eigenvalue weighted by molar-refractivity contribution is 7.99. The van der Waals surface area contributed by atoms with E-state index in [0.717, 1.165) is 16.3 Å². The van der Waals surface area contributed by atoms with Gasteiger partial charge < -0.3 is 16.4 Å². The summed E-state index contributed by atoms with van der Waals surface area (Å²) in [6.07, 6.45) is 0. The second-order valence-electron chi connectivity index (χ2n) is 5.00. The van der Waals surface area contributed by atoms with E-state index in [9.17, 15) is 9.59 Å². The second-order valence-corrected chi connectivity index (χ2v) is 6.33. The molecule has 0 aliphatic carbocycles. The summed E-state index contributed by atoms with van der Waals surface area (Å²) in [5.74, 6) is 0.435. The van der Waals surface area contributed by atoms with Crippen molar-refractivity contribution < 1.29 is 9.59 Å². The molecule has 22 heavy (non-hydrogen) atoms. The summed E-state index contributed by atoms with van der Waals surface area (Å²) in [5, 5.41) is 5.30. The summed E-state index contributed by atoms with van der Waals surface area (Å²) in [4.78, 5) is 24.6. The first kappa shape index (κ1) is 20.8. The fourth-order valence-corrected chi connectivity index (χ4v) is 2.34. The highest BCUT2D eigenvalue weighted by Crippen LogP contribution is 2.20. The molecule has 7 heteroatoms. The Kier molecular flexibility index (Phi) is 9.89. The smallest absolute Gasteiger partial charge is 0.243 e. The second kappa shape index (κ2) is 10.5. The predicted octanol–water partition coefficient (Wildman–Crippen LogP) is 2.26. The van der Waals surface area contributed by atoms with E-state index in [4.69, 9.17) is 5.73 Å². The Hall–Kier alpha value is -1.24. The van der Waals surface area contributed by atoms with Crippen LogP contribution in [0.2, 0.25) is 0 Å². The van der Waals surface area contributed by atoms with E-state index in [1.54, 1.807) is 11.8 Å². The van der Waals surface area contributed by atoms with Gasteiger partial charge in [-0.25, -0.2) is 0 Å². The number of nitrogens with one attached hydrogen (secondary N) is 2. The van der Waals surface area contributed by atoms with Crippen molar-refractivity contribution in [3.63, 3.8) is 0 Å². The summed E-state index contributed by atoms with van der Waals surface area (Å²) in [6, 6.07) is 7.02. The van der Waals surface area contributed by atoms with E-state index >= 15 is 0 Å². The SMILES string of the molecule is CCSc1cccc(NC(=O)CNC(=O)[C@@H](N)C(C)C)c1.Cl. The molecule has 2 amide bonds. The molecular weight excluding hydrogens is 322 g/mol. The molecule has 0 aromatic heterocycles. The highest BCUT2D eigenvalue weighted by atomic mass is 35.5. The average molecular weight is 346 g/mol. The van der Waals surface area contributed by atoms with Gasteiger partial charge in [-0.05, 0) is 29.9 Å². The molecule has 0 saturated heterocycles. The number of nitrogens with two attached hydrogens (primary N) is 1. The molecule has 0 radical (unpaired) electrons. The summed E-state index contributed by atoms with van der Waals surface area (Å²) >= 11 is 1.70. The maximum absolute atomic E-state index is 11.8. The minimum Gasteiger partial charge on any atom is -0.346 e. The highest BCUT2D eigenvalue weighted by Gasteiger charge is 2.17. The number of amides is 2. The van der Waals surface area contributed by atoms with Crippen LogP contribution in [-0.2, 0) is 9.59 Å². The van der Waals surface area contributed by atoms with Crippen LogP contribution in [-0.4, -0.2) is 30.2 Å². The van der Waals surface area contributed by atoms with Gasteiger partial charge in [-0.1, -0.05) is 26.8 Å². The van der Waals surface area contributed by atoms with Crippen LogP contribution < -0.4 is 16.4 Å². The molecule has 1 rings (SSSR count). The van der Waals surface area contributed by atoms with Crippen molar-refractivity contribution in [1.82, 2.24) is 5.32 Å². The van der Waals surface area contributed by atoms with Crippen molar-refractivity contribution >= 4 is 41.7 Å². The Labute approximate surface area is 142 Å². The molecule has 124 valence electrons. The predicted molar refractivity (Wildman–Crippen MR) is 94.5 cm³/mol. The van der Waals surface area contributed by atoms with Crippen molar-refractivity contribution in [3.05, 3.63) is 24.3 Å². The lowest BCUT2D eigenvalue weighted by molar-refractivity contribution is -0.125. The maximum atomic E-state index is 11.8. The number of benzene rings is 1. The van der Waals surface area contributed by atoms with E-state index in [-0.39, 0.29) is 36.7 Å². The number of carbonyl (C=O) groups is 2. The molecule has 4 N–H and O–H groups in total. The first-order valence-corrected chi connectivity index (χ1v) is 7.98. The third-order valence-electron chi connectivity index (χ3n) is 2.87. The normalized spacial score (nSPS) is 11.5. The average Bonchev–Trinajstić information content (AvgIpc) is 2.44. The van der Waals surface area contributed by atoms with Gasteiger partial charge >= 0.3 is 0 Å². The van der Waals surface area contributed by atoms with Crippen molar-refractivity contribution in [2.45, 2.75) is 31.7 Å². The molecule has 0 bridgehead atoms. The van der Waals surface area contributed by atoms with Crippen LogP contribution in [0.15, 0.2) is 29.2 Å². The Morgan fingerprint density at radius 3 is 2.59 bits per heavy atom. The monoisotopic (exact) mass is 345 g/mol. The fourth-order valence-electron chi connectivity index (χ4n) is 1.62. The Morgan fingerprint density at radius 2 is 2.00 bits per heavy atom. The van der Waals surface area contributed by atoms with E-state index < -0.39 is 6.04 Å². The van der Waals surface area contributed by atoms with Gasteiger partial charge in [0, 0.05) is 10.6 Å². The van der Waals surface area contributed by atoms with Crippen LogP contribution in [0.5, 0.6) is 0 Å². The van der Waals surface area contributed by atoms with Crippen molar-refractivity contribution in [3.8, 4) is 0 Å². The lowest BCUT2D eigenvalue weighted by Gasteiger charge is -2.15. The summed E-state index contributed by atoms with van der Waals surface area (Å²) in [5.41, 5.74) is 6.43. The van der Waals surface area contributed by atoms with Crippen molar-refractivity contribution in [2.75, 3.05) is 17.6 Å². The van der Waals surface area contributed by atoms with Crippen molar-refractivity contribution in [1.29, 1.82) is 0 Å². The van der Waals surface area contributed by atoms with Gasteiger partial charge in [-0.15, -0.1) is 24.2 Å². The standard InChI is InChI=1S/C15H23N3O2S.ClH/c1-4-21-12-7-5-6-11(8-12)18-13(19)9-17-15(20)14(16)10(2)3;/h5-8,10,14H,4,9,16H2,1-3H3,(H,17,20)(H,18,19);1H/t14-;/m0./s1. The molecule has 0 aliphatic rings. The number of hydrogen-bond acceptors (Lipinski definition) is 4. The van der Waals surface area contributed by atoms with Crippen LogP contribution in [0.25, 0.3) is 0 Å². The van der Waals surface area contributed by atoms with Crippen molar-refractivity contribution in [2.24, 2.45) is 11.7 Å². The number of anilines is 1. The molecule has 0 unspecified atom stereocenters. The van der Waals surface area contributed by atoms with Crippen LogP contribution in [0.1, 0.15) is 20.8 Å². The molecule has 1 atom stereocenters. The van der Waals surface area contributed by atoms with Gasteiger partial charge in [-0.3, -0.25) is 9.59 Å². The Morgan fingerprint density at radius 1 is 1.32 bits per heavy atom. The molecule has 0 fully saturated rings. The summed E-state index contributed by atoms with van der Waals surface area (Å²) in [7, 11) is 0. The lowest BCUT2D eigenvalue weighted by Crippen LogP contribution is -2.46. The zero-order chi connectivity index (χ0) is 15.8. The molecule has 0 spiro atoms. The molecular formula is C15H24ClN3O2S. The number of rotatable bonds is 7. The summed E-state index contributed by atoms with van der Waals surface area (Å²) < 4.78 is 0. The largest absolute Gasteiger partial charge is 0.346 e. The van der Waals surface area contributed by atoms with E-state index in [2.05, 4.69) is 17.6 Å². The zero-order valence-corrected chi connectivity index (χ0v) is 14.7. The van der Waals surface area contributed by atoms with Crippen LogP contribution in [0, 0.1) is 5.92 Å². The van der Waals surface area contributed by atoms with Gasteiger partial charge in [0.25, 0.3) is 0 Å². The van der Waals surface area contributed by atoms with E-state index in [0.29, 0.717) is 0 Å². The Balaban J connectivity index is 0.00000441. The number of hydrogen-bond donors (Lipinski definition) is 3. The minimum atomic E-state index is -0.595. The molecule has 0 aliphatic heterocycles. The first-order chi connectivity index (χ1) is 9.93. The van der Waals surface area contributed by atoms with E-state index in [1.807, 2.05) is 38.1 Å². The molecule has 1 aromatic carbocycles. The van der Waals surface area contributed by atoms with Crippen LogP contribution >= 0.6 is 24.2 Å². The maximum Gasteiger partial charge on any atom is 0.243 e. The number of halogens is 1. The number of thioether (sulfide) groups is 1. The number of carbonyl (C=O) groups excluding carboxylic acids is 2. The van der Waals surface area contributed by atoms with Crippen LogP contribution in [0.4, 0.5) is 5.69 Å². The molecule has 0 heterocycles. The summed E-state index contributed by atoms with van der Waals surface area (Å²) in [6.45, 7) is 5.72. The Bertz CT molecular complexity index is 497. The molecule has 0 saturated carbocycles. The van der Waals surface area contributed by atoms with Gasteiger partial charge in [0.15, 0.2) is 0 Å². The van der Waals surface area contributed by atoms with Gasteiger partial charge in [0.2, 0.25) is 11.8 Å². The third kappa shape index (κ3) is 7.15. The third-order valence-corrected chi connectivity index (χ3v) is 3.75. The first-order valence-electron chi connectivity index (χ1n) is 7.00.